The topological polar surface area (TPSA) is 40.6 Å². The Morgan fingerprint density at radius 3 is 2.25 bits per heavy atom. The average molecular weight is 330 g/mol. The molecule has 1 aromatic rings. The molecule has 24 heavy (non-hydrogen) atoms. The van der Waals surface area contributed by atoms with Crippen molar-refractivity contribution >= 4 is 11.8 Å². The molecule has 0 N–H and O–H groups in total. The van der Waals surface area contributed by atoms with Gasteiger partial charge in [0.15, 0.2) is 0 Å². The first-order valence-electron chi connectivity index (χ1n) is 9.26. The van der Waals surface area contributed by atoms with Crippen LogP contribution >= 0.6 is 0 Å². The zero-order valence-electron chi connectivity index (χ0n) is 15.0. The van der Waals surface area contributed by atoms with Crippen LogP contribution in [0.5, 0.6) is 0 Å². The molecule has 1 aliphatic rings. The summed E-state index contributed by atoms with van der Waals surface area (Å²) in [6.07, 6.45) is 4.00. The fourth-order valence-electron chi connectivity index (χ4n) is 3.34. The predicted molar refractivity (Wildman–Crippen MR) is 96.6 cm³/mol. The van der Waals surface area contributed by atoms with Gasteiger partial charge in [0, 0.05) is 38.5 Å². The SMILES string of the molecule is CCC(CC)C(=O)N1CCCN(C(=O)CCc2ccccc2)CC1. The number of rotatable bonds is 6. The van der Waals surface area contributed by atoms with E-state index < -0.39 is 0 Å². The fraction of sp³-hybridized carbons (Fsp3) is 0.600. The molecule has 0 spiro atoms. The first-order chi connectivity index (χ1) is 11.7. The number of hydrogen-bond acceptors (Lipinski definition) is 2. The molecule has 1 fully saturated rings. The summed E-state index contributed by atoms with van der Waals surface area (Å²) in [6.45, 7) is 7.02. The minimum absolute atomic E-state index is 0.130. The van der Waals surface area contributed by atoms with E-state index in [1.54, 1.807) is 0 Å². The van der Waals surface area contributed by atoms with Crippen molar-refractivity contribution in [1.29, 1.82) is 0 Å². The molecule has 4 nitrogen and oxygen atoms in total. The van der Waals surface area contributed by atoms with Crippen molar-refractivity contribution in [3.8, 4) is 0 Å². The lowest BCUT2D eigenvalue weighted by Crippen LogP contribution is -2.39. The molecule has 1 heterocycles. The Balaban J connectivity index is 1.83. The van der Waals surface area contributed by atoms with E-state index in [2.05, 4.69) is 26.0 Å². The quantitative estimate of drug-likeness (QED) is 0.804. The Hall–Kier alpha value is -1.84. The highest BCUT2D eigenvalue weighted by Gasteiger charge is 2.25. The zero-order valence-corrected chi connectivity index (χ0v) is 15.0. The van der Waals surface area contributed by atoms with Gasteiger partial charge >= 0.3 is 0 Å². The first kappa shape index (κ1) is 18.5. The summed E-state index contributed by atoms with van der Waals surface area (Å²) >= 11 is 0. The molecule has 0 aromatic heterocycles. The largest absolute Gasteiger partial charge is 0.341 e. The van der Waals surface area contributed by atoms with Gasteiger partial charge in [-0.1, -0.05) is 44.2 Å². The minimum Gasteiger partial charge on any atom is -0.341 e. The van der Waals surface area contributed by atoms with Crippen LogP contribution in [0.25, 0.3) is 0 Å². The molecule has 0 unspecified atom stereocenters. The number of hydrogen-bond donors (Lipinski definition) is 0. The second-order valence-electron chi connectivity index (χ2n) is 6.56. The second-order valence-corrected chi connectivity index (χ2v) is 6.56. The third kappa shape index (κ3) is 5.08. The van der Waals surface area contributed by atoms with Crippen molar-refractivity contribution in [2.24, 2.45) is 5.92 Å². The van der Waals surface area contributed by atoms with Gasteiger partial charge in [-0.05, 0) is 31.2 Å². The van der Waals surface area contributed by atoms with E-state index in [0.29, 0.717) is 19.5 Å². The van der Waals surface area contributed by atoms with Crippen molar-refractivity contribution in [2.75, 3.05) is 26.2 Å². The summed E-state index contributed by atoms with van der Waals surface area (Å²) in [5.74, 6) is 0.597. The molecule has 2 rings (SSSR count). The molecular weight excluding hydrogens is 300 g/mol. The summed E-state index contributed by atoms with van der Waals surface area (Å²) in [5, 5.41) is 0. The van der Waals surface area contributed by atoms with Gasteiger partial charge < -0.3 is 9.80 Å². The van der Waals surface area contributed by atoms with E-state index in [9.17, 15) is 9.59 Å². The molecule has 0 bridgehead atoms. The van der Waals surface area contributed by atoms with E-state index >= 15 is 0 Å². The molecule has 1 saturated heterocycles. The number of amides is 2. The number of nitrogens with zero attached hydrogens (tertiary/aromatic N) is 2. The van der Waals surface area contributed by atoms with Crippen LogP contribution in [0.3, 0.4) is 0 Å². The van der Waals surface area contributed by atoms with Gasteiger partial charge in [-0.15, -0.1) is 0 Å². The standard InChI is InChI=1S/C20H30N2O2/c1-3-18(4-2)20(24)22-14-8-13-21(15-16-22)19(23)12-11-17-9-6-5-7-10-17/h5-7,9-10,18H,3-4,8,11-16H2,1-2H3. The average Bonchev–Trinajstić information content (AvgIpc) is 2.87. The maximum atomic E-state index is 12.5. The van der Waals surface area contributed by atoms with Crippen molar-refractivity contribution in [1.82, 2.24) is 9.80 Å². The lowest BCUT2D eigenvalue weighted by molar-refractivity contribution is -0.136. The molecule has 2 amide bonds. The van der Waals surface area contributed by atoms with Crippen LogP contribution in [-0.4, -0.2) is 47.8 Å². The molecule has 0 saturated carbocycles. The van der Waals surface area contributed by atoms with Crippen LogP contribution in [-0.2, 0) is 16.0 Å². The van der Waals surface area contributed by atoms with Gasteiger partial charge in [-0.3, -0.25) is 9.59 Å². The van der Waals surface area contributed by atoms with Gasteiger partial charge in [0.25, 0.3) is 0 Å². The fourth-order valence-corrected chi connectivity index (χ4v) is 3.34. The third-order valence-electron chi connectivity index (χ3n) is 4.97. The van der Waals surface area contributed by atoms with Gasteiger partial charge in [0.2, 0.25) is 11.8 Å². The van der Waals surface area contributed by atoms with Crippen LogP contribution in [0.15, 0.2) is 30.3 Å². The van der Waals surface area contributed by atoms with Gasteiger partial charge in [-0.25, -0.2) is 0 Å². The van der Waals surface area contributed by atoms with Crippen molar-refractivity contribution < 1.29 is 9.59 Å². The molecule has 132 valence electrons. The molecule has 4 heteroatoms. The lowest BCUT2D eigenvalue weighted by Gasteiger charge is -2.25. The van der Waals surface area contributed by atoms with Gasteiger partial charge in [0.1, 0.15) is 0 Å². The maximum absolute atomic E-state index is 12.5. The smallest absolute Gasteiger partial charge is 0.225 e. The molecule has 0 aliphatic carbocycles. The zero-order chi connectivity index (χ0) is 17.4. The van der Waals surface area contributed by atoms with E-state index in [-0.39, 0.29) is 17.7 Å². The van der Waals surface area contributed by atoms with Gasteiger partial charge in [0.05, 0.1) is 0 Å². The van der Waals surface area contributed by atoms with Crippen LogP contribution in [0, 0.1) is 5.92 Å². The highest BCUT2D eigenvalue weighted by atomic mass is 16.2. The highest BCUT2D eigenvalue weighted by molar-refractivity contribution is 5.79. The molecule has 1 aromatic carbocycles. The summed E-state index contributed by atoms with van der Waals surface area (Å²) in [4.78, 5) is 28.9. The summed E-state index contributed by atoms with van der Waals surface area (Å²) in [7, 11) is 0. The Kier molecular flexibility index (Phi) is 7.29. The van der Waals surface area contributed by atoms with Crippen LogP contribution in [0.1, 0.15) is 45.1 Å². The second kappa shape index (κ2) is 9.45. The Morgan fingerprint density at radius 2 is 1.58 bits per heavy atom. The highest BCUT2D eigenvalue weighted by Crippen LogP contribution is 2.15. The molecular formula is C20H30N2O2. The lowest BCUT2D eigenvalue weighted by atomic mass is 10.0. The Bertz CT molecular complexity index is 526. The maximum Gasteiger partial charge on any atom is 0.225 e. The Morgan fingerprint density at radius 1 is 0.958 bits per heavy atom. The molecule has 0 radical (unpaired) electrons. The van der Waals surface area contributed by atoms with Crippen molar-refractivity contribution in [2.45, 2.75) is 46.0 Å². The van der Waals surface area contributed by atoms with E-state index in [1.807, 2.05) is 28.0 Å². The number of aryl methyl sites for hydroxylation is 1. The monoisotopic (exact) mass is 330 g/mol. The molecule has 0 atom stereocenters. The van der Waals surface area contributed by atoms with E-state index in [1.165, 1.54) is 5.56 Å². The van der Waals surface area contributed by atoms with E-state index in [4.69, 9.17) is 0 Å². The van der Waals surface area contributed by atoms with Gasteiger partial charge in [-0.2, -0.15) is 0 Å². The summed E-state index contributed by atoms with van der Waals surface area (Å²) < 4.78 is 0. The Labute approximate surface area is 145 Å². The van der Waals surface area contributed by atoms with Crippen LogP contribution < -0.4 is 0 Å². The summed E-state index contributed by atoms with van der Waals surface area (Å²) in [5.41, 5.74) is 1.20. The first-order valence-corrected chi connectivity index (χ1v) is 9.26. The number of carbonyl (C=O) groups excluding carboxylic acids is 2. The van der Waals surface area contributed by atoms with E-state index in [0.717, 1.165) is 38.8 Å². The predicted octanol–water partition coefficient (Wildman–Crippen LogP) is 3.12. The number of benzene rings is 1. The van der Waals surface area contributed by atoms with Crippen LogP contribution in [0.2, 0.25) is 0 Å². The van der Waals surface area contributed by atoms with Crippen LogP contribution in [0.4, 0.5) is 0 Å². The minimum atomic E-state index is 0.130. The normalized spacial score (nSPS) is 15.5. The van der Waals surface area contributed by atoms with Crippen molar-refractivity contribution in [3.63, 3.8) is 0 Å². The summed E-state index contributed by atoms with van der Waals surface area (Å²) in [6, 6.07) is 10.1. The molecule has 1 aliphatic heterocycles. The third-order valence-corrected chi connectivity index (χ3v) is 4.97. The van der Waals surface area contributed by atoms with Crippen molar-refractivity contribution in [3.05, 3.63) is 35.9 Å². The number of carbonyl (C=O) groups is 2.